The zero-order valence-corrected chi connectivity index (χ0v) is 14.7. The zero-order valence-electron chi connectivity index (χ0n) is 13.2. The van der Waals surface area contributed by atoms with Crippen LogP contribution in [0.1, 0.15) is 30.1 Å². The van der Waals surface area contributed by atoms with Gasteiger partial charge in [0.2, 0.25) is 10.0 Å². The molecule has 0 spiro atoms. The first-order valence-corrected chi connectivity index (χ1v) is 9.22. The van der Waals surface area contributed by atoms with Gasteiger partial charge in [-0.25, -0.2) is 13.2 Å². The van der Waals surface area contributed by atoms with Crippen molar-refractivity contribution in [2.75, 3.05) is 20.2 Å². The lowest BCUT2D eigenvalue weighted by Gasteiger charge is -2.33. The Morgan fingerprint density at radius 1 is 1.39 bits per heavy atom. The van der Waals surface area contributed by atoms with Crippen LogP contribution in [-0.4, -0.2) is 44.9 Å². The fraction of sp³-hybridized carbons (Fsp3) is 0.533. The second-order valence-electron chi connectivity index (χ2n) is 5.73. The first kappa shape index (κ1) is 18.2. The van der Waals surface area contributed by atoms with Crippen LogP contribution in [0.2, 0.25) is 5.02 Å². The van der Waals surface area contributed by atoms with E-state index in [9.17, 15) is 13.2 Å². The summed E-state index contributed by atoms with van der Waals surface area (Å²) in [5.41, 5.74) is 6.02. The second kappa shape index (κ2) is 7.17. The lowest BCUT2D eigenvalue weighted by Crippen LogP contribution is -2.42. The van der Waals surface area contributed by atoms with E-state index in [4.69, 9.17) is 17.3 Å². The third-order valence-corrected chi connectivity index (χ3v) is 6.43. The number of nitrogens with zero attached hydrogens (tertiary/aromatic N) is 1. The molecular formula is C15H21ClN2O4S. The summed E-state index contributed by atoms with van der Waals surface area (Å²) in [4.78, 5) is 11.6. The van der Waals surface area contributed by atoms with Gasteiger partial charge in [0, 0.05) is 19.1 Å². The summed E-state index contributed by atoms with van der Waals surface area (Å²) in [6.07, 6.45) is 1.48. The van der Waals surface area contributed by atoms with Crippen LogP contribution in [-0.2, 0) is 14.8 Å². The Morgan fingerprint density at radius 2 is 2.00 bits per heavy atom. The molecule has 2 N–H and O–H groups in total. The van der Waals surface area contributed by atoms with Crippen LogP contribution < -0.4 is 5.73 Å². The Balaban J connectivity index is 2.21. The minimum Gasteiger partial charge on any atom is -0.465 e. The van der Waals surface area contributed by atoms with E-state index >= 15 is 0 Å². The fourth-order valence-electron chi connectivity index (χ4n) is 2.72. The standard InChI is InChI=1S/C15H21ClN2O4S/c1-10(17)11-5-7-18(8-6-11)23(20,21)12-3-4-13(14(16)9-12)15(19)22-2/h3-4,9-11H,5-8,17H2,1-2H3. The molecule has 1 aromatic carbocycles. The van der Waals surface area contributed by atoms with Crippen molar-refractivity contribution in [2.45, 2.75) is 30.7 Å². The number of halogens is 1. The fourth-order valence-corrected chi connectivity index (χ4v) is 4.54. The molecule has 1 unspecified atom stereocenters. The van der Waals surface area contributed by atoms with Crippen LogP contribution in [0.4, 0.5) is 0 Å². The molecule has 1 aliphatic rings. The van der Waals surface area contributed by atoms with Crippen LogP contribution in [0.25, 0.3) is 0 Å². The minimum atomic E-state index is -3.63. The number of nitrogens with two attached hydrogens (primary N) is 1. The number of piperidine rings is 1. The molecule has 128 valence electrons. The summed E-state index contributed by atoms with van der Waals surface area (Å²) < 4.78 is 31.4. The Labute approximate surface area is 141 Å². The van der Waals surface area contributed by atoms with Gasteiger partial charge in [-0.1, -0.05) is 11.6 Å². The van der Waals surface area contributed by atoms with Gasteiger partial charge >= 0.3 is 5.97 Å². The minimum absolute atomic E-state index is 0.0587. The highest BCUT2D eigenvalue weighted by Gasteiger charge is 2.31. The lowest BCUT2D eigenvalue weighted by atomic mass is 9.92. The summed E-state index contributed by atoms with van der Waals surface area (Å²) in [5, 5.41) is 0.0587. The molecule has 1 fully saturated rings. The molecule has 1 aromatic rings. The van der Waals surface area contributed by atoms with Crippen LogP contribution in [0, 0.1) is 5.92 Å². The van der Waals surface area contributed by atoms with Crippen molar-refractivity contribution < 1.29 is 17.9 Å². The molecule has 0 aliphatic carbocycles. The quantitative estimate of drug-likeness (QED) is 0.828. The van der Waals surface area contributed by atoms with Crippen molar-refractivity contribution in [1.82, 2.24) is 4.31 Å². The third kappa shape index (κ3) is 3.85. The smallest absolute Gasteiger partial charge is 0.339 e. The third-order valence-electron chi connectivity index (χ3n) is 4.23. The van der Waals surface area contributed by atoms with E-state index in [2.05, 4.69) is 4.74 Å². The Bertz CT molecular complexity index is 683. The topological polar surface area (TPSA) is 89.7 Å². The lowest BCUT2D eigenvalue weighted by molar-refractivity contribution is 0.0601. The van der Waals surface area contributed by atoms with Gasteiger partial charge in [-0.3, -0.25) is 0 Å². The SMILES string of the molecule is COC(=O)c1ccc(S(=O)(=O)N2CCC(C(C)N)CC2)cc1Cl. The van der Waals surface area contributed by atoms with Gasteiger partial charge in [0.1, 0.15) is 0 Å². The molecule has 23 heavy (non-hydrogen) atoms. The van der Waals surface area contributed by atoms with E-state index in [0.717, 1.165) is 12.8 Å². The largest absolute Gasteiger partial charge is 0.465 e. The van der Waals surface area contributed by atoms with Crippen LogP contribution in [0.15, 0.2) is 23.1 Å². The van der Waals surface area contributed by atoms with Crippen molar-refractivity contribution in [3.05, 3.63) is 28.8 Å². The van der Waals surface area contributed by atoms with Crippen LogP contribution >= 0.6 is 11.6 Å². The maximum absolute atomic E-state index is 12.7. The molecule has 1 saturated heterocycles. The predicted octanol–water partition coefficient (Wildman–Crippen LogP) is 1.87. The molecule has 0 radical (unpaired) electrons. The number of carbonyl (C=O) groups is 1. The highest BCUT2D eigenvalue weighted by molar-refractivity contribution is 7.89. The summed E-state index contributed by atoms with van der Waals surface area (Å²) in [5.74, 6) is -0.261. The van der Waals surface area contributed by atoms with Crippen LogP contribution in [0.5, 0.6) is 0 Å². The van der Waals surface area contributed by atoms with Crippen molar-refractivity contribution in [3.63, 3.8) is 0 Å². The molecule has 8 heteroatoms. The highest BCUT2D eigenvalue weighted by Crippen LogP contribution is 2.27. The zero-order chi connectivity index (χ0) is 17.2. The summed E-state index contributed by atoms with van der Waals surface area (Å²) >= 11 is 6.01. The van der Waals surface area contributed by atoms with E-state index in [-0.39, 0.29) is 21.5 Å². The molecule has 2 rings (SSSR count). The maximum Gasteiger partial charge on any atom is 0.339 e. The number of benzene rings is 1. The number of esters is 1. The van der Waals surface area contributed by atoms with Gasteiger partial charge < -0.3 is 10.5 Å². The van der Waals surface area contributed by atoms with E-state index in [1.54, 1.807) is 0 Å². The number of methoxy groups -OCH3 is 1. The molecule has 1 heterocycles. The first-order chi connectivity index (χ1) is 10.8. The first-order valence-electron chi connectivity index (χ1n) is 7.41. The van der Waals surface area contributed by atoms with Crippen LogP contribution in [0.3, 0.4) is 0 Å². The predicted molar refractivity (Wildman–Crippen MR) is 87.9 cm³/mol. The Morgan fingerprint density at radius 3 is 2.48 bits per heavy atom. The monoisotopic (exact) mass is 360 g/mol. The maximum atomic E-state index is 12.7. The number of ether oxygens (including phenoxy) is 1. The van der Waals surface area contributed by atoms with Gasteiger partial charge in [0.15, 0.2) is 0 Å². The van der Waals surface area contributed by atoms with Gasteiger partial charge in [0.05, 0.1) is 22.6 Å². The average molecular weight is 361 g/mol. The number of carbonyl (C=O) groups excluding carboxylic acids is 1. The molecule has 6 nitrogen and oxygen atoms in total. The second-order valence-corrected chi connectivity index (χ2v) is 8.08. The molecule has 1 atom stereocenters. The van der Waals surface area contributed by atoms with Crippen molar-refractivity contribution in [1.29, 1.82) is 0 Å². The van der Waals surface area contributed by atoms with Gasteiger partial charge in [-0.15, -0.1) is 0 Å². The van der Waals surface area contributed by atoms with E-state index in [1.165, 1.54) is 29.6 Å². The van der Waals surface area contributed by atoms with Gasteiger partial charge in [-0.05, 0) is 43.9 Å². The molecule has 0 amide bonds. The van der Waals surface area contributed by atoms with E-state index < -0.39 is 16.0 Å². The summed E-state index contributed by atoms with van der Waals surface area (Å²) in [6.45, 7) is 2.82. The Kier molecular flexibility index (Phi) is 5.67. The van der Waals surface area contributed by atoms with Crippen molar-refractivity contribution in [2.24, 2.45) is 11.7 Å². The molecule has 1 aliphatic heterocycles. The number of hydrogen-bond donors (Lipinski definition) is 1. The van der Waals surface area contributed by atoms with E-state index in [0.29, 0.717) is 19.0 Å². The summed E-state index contributed by atoms with van der Waals surface area (Å²) in [6, 6.07) is 4.11. The number of sulfonamides is 1. The molecule has 0 bridgehead atoms. The molecule has 0 aromatic heterocycles. The Hall–Kier alpha value is -1.15. The number of hydrogen-bond acceptors (Lipinski definition) is 5. The number of rotatable bonds is 4. The molecular weight excluding hydrogens is 340 g/mol. The van der Waals surface area contributed by atoms with Gasteiger partial charge in [0.25, 0.3) is 0 Å². The highest BCUT2D eigenvalue weighted by atomic mass is 35.5. The van der Waals surface area contributed by atoms with Gasteiger partial charge in [-0.2, -0.15) is 4.31 Å². The van der Waals surface area contributed by atoms with Crippen molar-refractivity contribution in [3.8, 4) is 0 Å². The van der Waals surface area contributed by atoms with E-state index in [1.807, 2.05) is 6.92 Å². The molecule has 0 saturated carbocycles. The normalized spacial score (nSPS) is 18.6. The summed E-state index contributed by atoms with van der Waals surface area (Å²) in [7, 11) is -2.38. The average Bonchev–Trinajstić information content (AvgIpc) is 2.54. The van der Waals surface area contributed by atoms with Crippen molar-refractivity contribution >= 4 is 27.6 Å².